The second-order valence-electron chi connectivity index (χ2n) is 3.23. The average molecular weight is 293 g/mol. The number of hydrogen-bond acceptors (Lipinski definition) is 7. The van der Waals surface area contributed by atoms with Gasteiger partial charge < -0.3 is 0 Å². The summed E-state index contributed by atoms with van der Waals surface area (Å²) in [6.45, 7) is 0. The number of rotatable bonds is 4. The molecular formula is C11H7N3O3S2. The van der Waals surface area contributed by atoms with Crippen LogP contribution < -0.4 is 0 Å². The SMILES string of the molecule is N#CC(=NOS(=O)(=O)c1ccccc1)c1nccs1. The van der Waals surface area contributed by atoms with Crippen LogP contribution in [0, 0.1) is 11.3 Å². The first-order valence-electron chi connectivity index (χ1n) is 5.00. The fourth-order valence-electron chi connectivity index (χ4n) is 1.16. The smallest absolute Gasteiger partial charge is 0.263 e. The first-order valence-corrected chi connectivity index (χ1v) is 7.29. The van der Waals surface area contributed by atoms with Crippen LogP contribution in [0.2, 0.25) is 0 Å². The molecule has 0 spiro atoms. The quantitative estimate of drug-likeness (QED) is 0.632. The molecule has 0 aliphatic carbocycles. The molecule has 0 fully saturated rings. The molecule has 19 heavy (non-hydrogen) atoms. The lowest BCUT2D eigenvalue weighted by Crippen LogP contribution is -2.05. The zero-order chi connectivity index (χ0) is 13.7. The van der Waals surface area contributed by atoms with Gasteiger partial charge in [-0.25, -0.2) is 4.98 Å². The van der Waals surface area contributed by atoms with E-state index < -0.39 is 10.1 Å². The van der Waals surface area contributed by atoms with Crippen LogP contribution in [0.4, 0.5) is 0 Å². The maximum Gasteiger partial charge on any atom is 0.358 e. The van der Waals surface area contributed by atoms with E-state index in [4.69, 9.17) is 5.26 Å². The van der Waals surface area contributed by atoms with E-state index in [1.807, 2.05) is 0 Å². The number of thiazole rings is 1. The van der Waals surface area contributed by atoms with Gasteiger partial charge >= 0.3 is 10.1 Å². The Bertz CT molecular complexity index is 716. The van der Waals surface area contributed by atoms with E-state index in [2.05, 4.69) is 14.4 Å². The van der Waals surface area contributed by atoms with Crippen molar-refractivity contribution in [3.05, 3.63) is 46.9 Å². The predicted octanol–water partition coefficient (Wildman–Crippen LogP) is 1.78. The number of oxime groups is 1. The minimum Gasteiger partial charge on any atom is -0.263 e. The van der Waals surface area contributed by atoms with Crippen LogP contribution in [-0.2, 0) is 14.4 Å². The van der Waals surface area contributed by atoms with Gasteiger partial charge in [0.1, 0.15) is 11.0 Å². The summed E-state index contributed by atoms with van der Waals surface area (Å²) in [5, 5.41) is 14.2. The van der Waals surface area contributed by atoms with Crippen LogP contribution in [0.3, 0.4) is 0 Å². The molecule has 0 amide bonds. The Morgan fingerprint density at radius 3 is 2.68 bits per heavy atom. The second-order valence-corrected chi connectivity index (χ2v) is 5.65. The molecule has 8 heteroatoms. The van der Waals surface area contributed by atoms with Gasteiger partial charge in [-0.1, -0.05) is 23.4 Å². The molecule has 2 aromatic rings. The van der Waals surface area contributed by atoms with Crippen molar-refractivity contribution in [3.8, 4) is 6.07 Å². The van der Waals surface area contributed by atoms with Crippen LogP contribution in [0.5, 0.6) is 0 Å². The minimum absolute atomic E-state index is 0.0322. The maximum atomic E-state index is 11.8. The third-order valence-corrected chi connectivity index (χ3v) is 3.90. The van der Waals surface area contributed by atoms with E-state index >= 15 is 0 Å². The molecule has 1 aromatic heterocycles. The number of benzene rings is 1. The zero-order valence-electron chi connectivity index (χ0n) is 9.42. The van der Waals surface area contributed by atoms with Gasteiger partial charge in [-0.15, -0.1) is 11.3 Å². The molecule has 0 aliphatic rings. The highest BCUT2D eigenvalue weighted by Crippen LogP contribution is 2.13. The Morgan fingerprint density at radius 1 is 1.37 bits per heavy atom. The normalized spacial score (nSPS) is 11.8. The van der Waals surface area contributed by atoms with Crippen molar-refractivity contribution in [3.63, 3.8) is 0 Å². The van der Waals surface area contributed by atoms with Crippen LogP contribution >= 0.6 is 11.3 Å². The van der Waals surface area contributed by atoms with Crippen molar-refractivity contribution < 1.29 is 12.7 Å². The summed E-state index contributed by atoms with van der Waals surface area (Å²) in [5.41, 5.74) is -0.186. The third kappa shape index (κ3) is 3.15. The summed E-state index contributed by atoms with van der Waals surface area (Å²) in [6, 6.07) is 9.29. The van der Waals surface area contributed by atoms with Crippen molar-refractivity contribution in [1.82, 2.24) is 4.98 Å². The Labute approximate surface area is 113 Å². The molecule has 1 aromatic carbocycles. The van der Waals surface area contributed by atoms with Gasteiger partial charge in [0.25, 0.3) is 0 Å². The predicted molar refractivity (Wildman–Crippen MR) is 69.0 cm³/mol. The van der Waals surface area contributed by atoms with Gasteiger partial charge in [0.05, 0.1) is 0 Å². The molecule has 2 rings (SSSR count). The molecule has 0 radical (unpaired) electrons. The molecule has 0 bridgehead atoms. The Balaban J connectivity index is 2.25. The van der Waals surface area contributed by atoms with Crippen LogP contribution in [0.25, 0.3) is 0 Å². The fourth-order valence-corrected chi connectivity index (χ4v) is 2.48. The van der Waals surface area contributed by atoms with Gasteiger partial charge in [-0.3, -0.25) is 4.28 Å². The summed E-state index contributed by atoms with van der Waals surface area (Å²) in [4.78, 5) is 3.82. The van der Waals surface area contributed by atoms with Crippen molar-refractivity contribution in [2.24, 2.45) is 5.16 Å². The second kappa shape index (κ2) is 5.60. The molecule has 0 saturated heterocycles. The number of nitriles is 1. The highest BCUT2D eigenvalue weighted by Gasteiger charge is 2.16. The van der Waals surface area contributed by atoms with Gasteiger partial charge in [-0.2, -0.15) is 13.7 Å². The summed E-state index contributed by atoms with van der Waals surface area (Å²) < 4.78 is 28.0. The molecule has 0 saturated carbocycles. The molecule has 0 unspecified atom stereocenters. The lowest BCUT2D eigenvalue weighted by Gasteiger charge is -2.00. The summed E-state index contributed by atoms with van der Waals surface area (Å²) in [7, 11) is -4.02. The molecule has 1 heterocycles. The maximum absolute atomic E-state index is 11.8. The van der Waals surface area contributed by atoms with E-state index in [0.29, 0.717) is 5.01 Å². The lowest BCUT2D eigenvalue weighted by atomic mass is 10.4. The topological polar surface area (TPSA) is 92.4 Å². The zero-order valence-corrected chi connectivity index (χ0v) is 11.1. The highest BCUT2D eigenvalue weighted by atomic mass is 32.2. The van der Waals surface area contributed by atoms with Crippen LogP contribution in [0.15, 0.2) is 52.0 Å². The third-order valence-electron chi connectivity index (χ3n) is 2.00. The van der Waals surface area contributed by atoms with Crippen LogP contribution in [0.1, 0.15) is 5.01 Å². The van der Waals surface area contributed by atoms with Gasteiger partial charge in [0.15, 0.2) is 5.01 Å². The average Bonchev–Trinajstić information content (AvgIpc) is 2.94. The largest absolute Gasteiger partial charge is 0.358 e. The molecular weight excluding hydrogens is 286 g/mol. The summed E-state index contributed by atoms with van der Waals surface area (Å²) >= 11 is 1.16. The van der Waals surface area contributed by atoms with E-state index in [9.17, 15) is 8.42 Å². The van der Waals surface area contributed by atoms with E-state index in [-0.39, 0.29) is 10.6 Å². The monoisotopic (exact) mass is 293 g/mol. The number of hydrogen-bond donors (Lipinski definition) is 0. The van der Waals surface area contributed by atoms with Gasteiger partial charge in [0, 0.05) is 11.6 Å². The van der Waals surface area contributed by atoms with E-state index in [1.54, 1.807) is 29.6 Å². The summed E-state index contributed by atoms with van der Waals surface area (Å²) in [6.07, 6.45) is 1.48. The highest BCUT2D eigenvalue weighted by molar-refractivity contribution is 7.86. The molecule has 0 aliphatic heterocycles. The molecule has 96 valence electrons. The Hall–Kier alpha value is -2.24. The number of aromatic nitrogens is 1. The van der Waals surface area contributed by atoms with Crippen LogP contribution in [-0.4, -0.2) is 19.1 Å². The van der Waals surface area contributed by atoms with Crippen molar-refractivity contribution >= 4 is 27.2 Å². The van der Waals surface area contributed by atoms with E-state index in [1.165, 1.54) is 18.3 Å². The number of nitrogens with zero attached hydrogens (tertiary/aromatic N) is 3. The first kappa shape index (κ1) is 13.2. The van der Waals surface area contributed by atoms with E-state index in [0.717, 1.165) is 11.3 Å². The summed E-state index contributed by atoms with van der Waals surface area (Å²) in [5.74, 6) is 0. The lowest BCUT2D eigenvalue weighted by molar-refractivity contribution is 0.339. The Morgan fingerprint density at radius 2 is 2.11 bits per heavy atom. The van der Waals surface area contributed by atoms with Gasteiger partial charge in [-0.05, 0) is 12.1 Å². The first-order chi connectivity index (χ1) is 9.13. The minimum atomic E-state index is -4.02. The van der Waals surface area contributed by atoms with Crippen molar-refractivity contribution in [2.45, 2.75) is 4.90 Å². The fraction of sp³-hybridized carbons (Fsp3) is 0. The van der Waals surface area contributed by atoms with Crippen molar-refractivity contribution in [1.29, 1.82) is 5.26 Å². The Kier molecular flexibility index (Phi) is 3.89. The molecule has 0 atom stereocenters. The molecule has 0 N–H and O–H groups in total. The van der Waals surface area contributed by atoms with Gasteiger partial charge in [0.2, 0.25) is 5.71 Å². The molecule has 6 nitrogen and oxygen atoms in total. The standard InChI is InChI=1S/C11H7N3O3S2/c12-8-10(11-13-6-7-18-11)14-17-19(15,16)9-4-2-1-3-5-9/h1-7H. The van der Waals surface area contributed by atoms with Crippen molar-refractivity contribution in [2.75, 3.05) is 0 Å².